The molecule has 0 aromatic rings. The van der Waals surface area contributed by atoms with Gasteiger partial charge < -0.3 is 4.74 Å². The molecule has 1 atom stereocenters. The van der Waals surface area contributed by atoms with Gasteiger partial charge in [-0.15, -0.1) is 0 Å². The van der Waals surface area contributed by atoms with Gasteiger partial charge in [0.15, 0.2) is 5.94 Å². The van der Waals surface area contributed by atoms with Crippen molar-refractivity contribution in [1.82, 2.24) is 0 Å². The molecular weight excluding hydrogens is 156 g/mol. The van der Waals surface area contributed by atoms with Crippen molar-refractivity contribution in [3.63, 3.8) is 0 Å². The van der Waals surface area contributed by atoms with Crippen molar-refractivity contribution < 1.29 is 17.7 Å². The third-order valence-corrected chi connectivity index (χ3v) is 1.51. The summed E-state index contributed by atoms with van der Waals surface area (Å²) >= 11 is 0. The average molecular weight is 168 g/mol. The summed E-state index contributed by atoms with van der Waals surface area (Å²) < 4.78 is 33.1. The third-order valence-electron chi connectivity index (χ3n) is 1.08. The molecule has 0 fully saturated rings. The highest BCUT2D eigenvalue weighted by molar-refractivity contribution is 7.85. The van der Waals surface area contributed by atoms with E-state index in [-0.39, 0.29) is 6.10 Å². The molecule has 1 unspecified atom stereocenters. The Hall–Kier alpha value is -0.130. The maximum atomic E-state index is 10.1. The molecule has 0 spiro atoms. The molecule has 0 bridgehead atoms. The lowest BCUT2D eigenvalue weighted by Gasteiger charge is -2.07. The SMILES string of the molecule is CCC(C)OCS(=O)(=O)O. The van der Waals surface area contributed by atoms with Gasteiger partial charge in [-0.3, -0.25) is 4.55 Å². The van der Waals surface area contributed by atoms with Gasteiger partial charge in [-0.05, 0) is 13.3 Å². The second-order valence-corrected chi connectivity index (χ2v) is 3.48. The minimum absolute atomic E-state index is 0.123. The van der Waals surface area contributed by atoms with E-state index in [0.717, 1.165) is 6.42 Å². The van der Waals surface area contributed by atoms with E-state index in [4.69, 9.17) is 9.29 Å². The molecule has 5 heteroatoms. The fourth-order valence-electron chi connectivity index (χ4n) is 0.320. The summed E-state index contributed by atoms with van der Waals surface area (Å²) in [5, 5.41) is 0. The molecule has 0 radical (unpaired) electrons. The Kier molecular flexibility index (Phi) is 3.85. The Morgan fingerprint density at radius 1 is 1.60 bits per heavy atom. The Balaban J connectivity index is 3.56. The monoisotopic (exact) mass is 168 g/mol. The first-order valence-electron chi connectivity index (χ1n) is 3.02. The lowest BCUT2D eigenvalue weighted by molar-refractivity contribution is 0.0940. The first kappa shape index (κ1) is 9.87. The maximum Gasteiger partial charge on any atom is 0.289 e. The lowest BCUT2D eigenvalue weighted by Crippen LogP contribution is -2.14. The van der Waals surface area contributed by atoms with Crippen LogP contribution in [0.25, 0.3) is 0 Å². The van der Waals surface area contributed by atoms with E-state index in [9.17, 15) is 8.42 Å². The first-order valence-corrected chi connectivity index (χ1v) is 4.63. The summed E-state index contributed by atoms with van der Waals surface area (Å²) in [4.78, 5) is 0. The predicted molar refractivity (Wildman–Crippen MR) is 37.3 cm³/mol. The largest absolute Gasteiger partial charge is 0.360 e. The highest BCUT2D eigenvalue weighted by atomic mass is 32.2. The first-order chi connectivity index (χ1) is 4.45. The summed E-state index contributed by atoms with van der Waals surface area (Å²) in [6.07, 6.45) is 0.608. The van der Waals surface area contributed by atoms with E-state index in [0.29, 0.717) is 0 Å². The zero-order chi connectivity index (χ0) is 8.20. The molecule has 62 valence electrons. The van der Waals surface area contributed by atoms with Gasteiger partial charge in [-0.1, -0.05) is 6.92 Å². The number of ether oxygens (including phenoxy) is 1. The van der Waals surface area contributed by atoms with Crippen LogP contribution in [0.15, 0.2) is 0 Å². The van der Waals surface area contributed by atoms with Crippen LogP contribution in [0.4, 0.5) is 0 Å². The molecule has 0 aromatic heterocycles. The predicted octanol–water partition coefficient (Wildman–Crippen LogP) is 0.647. The molecule has 0 saturated carbocycles. The van der Waals surface area contributed by atoms with Crippen LogP contribution >= 0.6 is 0 Å². The van der Waals surface area contributed by atoms with Gasteiger partial charge >= 0.3 is 0 Å². The highest BCUT2D eigenvalue weighted by Gasteiger charge is 2.06. The van der Waals surface area contributed by atoms with Crippen molar-refractivity contribution in [2.75, 3.05) is 5.94 Å². The molecule has 0 aliphatic rings. The van der Waals surface area contributed by atoms with E-state index in [1.807, 2.05) is 6.92 Å². The molecule has 0 amide bonds. The molecule has 0 saturated heterocycles. The number of rotatable bonds is 4. The van der Waals surface area contributed by atoms with Crippen LogP contribution < -0.4 is 0 Å². The van der Waals surface area contributed by atoms with E-state index in [1.54, 1.807) is 6.92 Å². The van der Waals surface area contributed by atoms with E-state index < -0.39 is 16.1 Å². The molecule has 0 aliphatic heterocycles. The van der Waals surface area contributed by atoms with E-state index in [2.05, 4.69) is 0 Å². The molecule has 4 nitrogen and oxygen atoms in total. The molecule has 0 heterocycles. The van der Waals surface area contributed by atoms with Crippen molar-refractivity contribution in [3.05, 3.63) is 0 Å². The smallest absolute Gasteiger partial charge is 0.289 e. The van der Waals surface area contributed by atoms with Crippen molar-refractivity contribution in [2.45, 2.75) is 26.4 Å². The normalized spacial score (nSPS) is 15.1. The van der Waals surface area contributed by atoms with Gasteiger partial charge in [0.1, 0.15) is 0 Å². The molecule has 1 N–H and O–H groups in total. The van der Waals surface area contributed by atoms with Crippen LogP contribution in [-0.4, -0.2) is 25.0 Å². The minimum Gasteiger partial charge on any atom is -0.360 e. The van der Waals surface area contributed by atoms with Crippen LogP contribution in [0.1, 0.15) is 20.3 Å². The Bertz CT molecular complexity index is 172. The summed E-state index contributed by atoms with van der Waals surface area (Å²) in [5.74, 6) is -0.609. The minimum atomic E-state index is -3.95. The molecular formula is C5H12O4S. The Morgan fingerprint density at radius 2 is 2.10 bits per heavy atom. The van der Waals surface area contributed by atoms with Crippen molar-refractivity contribution in [2.24, 2.45) is 0 Å². The second kappa shape index (κ2) is 3.90. The highest BCUT2D eigenvalue weighted by Crippen LogP contribution is 1.96. The molecule has 0 aromatic carbocycles. The van der Waals surface area contributed by atoms with Crippen LogP contribution in [0.3, 0.4) is 0 Å². The van der Waals surface area contributed by atoms with E-state index in [1.165, 1.54) is 0 Å². The van der Waals surface area contributed by atoms with Gasteiger partial charge in [-0.25, -0.2) is 0 Å². The molecule has 10 heavy (non-hydrogen) atoms. The number of hydrogen-bond donors (Lipinski definition) is 1. The Morgan fingerprint density at radius 3 is 2.40 bits per heavy atom. The molecule has 0 aliphatic carbocycles. The standard InChI is InChI=1S/C5H12O4S/c1-3-5(2)9-4-10(6,7)8/h5H,3-4H2,1-2H3,(H,6,7,8). The lowest BCUT2D eigenvalue weighted by atomic mass is 10.3. The van der Waals surface area contributed by atoms with Crippen molar-refractivity contribution in [1.29, 1.82) is 0 Å². The third kappa shape index (κ3) is 6.00. The van der Waals surface area contributed by atoms with Crippen LogP contribution in [0.5, 0.6) is 0 Å². The van der Waals surface area contributed by atoms with Gasteiger partial charge in [0.2, 0.25) is 0 Å². The van der Waals surface area contributed by atoms with Gasteiger partial charge in [-0.2, -0.15) is 8.42 Å². The summed E-state index contributed by atoms with van der Waals surface area (Å²) in [5.41, 5.74) is 0. The van der Waals surface area contributed by atoms with Gasteiger partial charge in [0, 0.05) is 0 Å². The molecule has 0 rings (SSSR count). The zero-order valence-electron chi connectivity index (χ0n) is 6.07. The van der Waals surface area contributed by atoms with Crippen LogP contribution in [-0.2, 0) is 14.9 Å². The van der Waals surface area contributed by atoms with Gasteiger partial charge in [0.25, 0.3) is 10.1 Å². The Labute approximate surface area is 60.9 Å². The topological polar surface area (TPSA) is 63.6 Å². The van der Waals surface area contributed by atoms with Crippen molar-refractivity contribution >= 4 is 10.1 Å². The summed E-state index contributed by atoms with van der Waals surface area (Å²) in [6, 6.07) is 0. The van der Waals surface area contributed by atoms with Crippen LogP contribution in [0, 0.1) is 0 Å². The maximum absolute atomic E-state index is 10.1. The quantitative estimate of drug-likeness (QED) is 0.626. The summed E-state index contributed by atoms with van der Waals surface area (Å²) in [7, 11) is -3.95. The van der Waals surface area contributed by atoms with Crippen LogP contribution in [0.2, 0.25) is 0 Å². The van der Waals surface area contributed by atoms with Crippen molar-refractivity contribution in [3.8, 4) is 0 Å². The average Bonchev–Trinajstić information content (AvgIpc) is 1.81. The summed E-state index contributed by atoms with van der Waals surface area (Å²) in [6.45, 7) is 3.61. The second-order valence-electron chi connectivity index (χ2n) is 2.09. The fraction of sp³-hybridized carbons (Fsp3) is 1.00. The zero-order valence-corrected chi connectivity index (χ0v) is 6.89. The fourth-order valence-corrected chi connectivity index (χ4v) is 0.724. The van der Waals surface area contributed by atoms with Gasteiger partial charge in [0.05, 0.1) is 6.10 Å². The van der Waals surface area contributed by atoms with E-state index >= 15 is 0 Å². The number of hydrogen-bond acceptors (Lipinski definition) is 3.